The van der Waals surface area contributed by atoms with E-state index >= 15 is 0 Å². The summed E-state index contributed by atoms with van der Waals surface area (Å²) in [7, 11) is 0. The molecule has 2 fully saturated rings. The van der Waals surface area contributed by atoms with Crippen molar-refractivity contribution in [2.24, 2.45) is 5.92 Å². The molecule has 0 unspecified atom stereocenters. The van der Waals surface area contributed by atoms with Crippen LogP contribution >= 0.6 is 0 Å². The fourth-order valence-corrected chi connectivity index (χ4v) is 3.29. The summed E-state index contributed by atoms with van der Waals surface area (Å²) in [5.41, 5.74) is 1.28. The fourth-order valence-electron chi connectivity index (χ4n) is 3.29. The molecule has 1 saturated heterocycles. The van der Waals surface area contributed by atoms with Gasteiger partial charge in [-0.2, -0.15) is 0 Å². The van der Waals surface area contributed by atoms with Crippen molar-refractivity contribution >= 4 is 17.5 Å². The third kappa shape index (κ3) is 3.09. The van der Waals surface area contributed by atoms with Gasteiger partial charge in [0, 0.05) is 19.0 Å². The minimum Gasteiger partial charge on any atom is -0.339 e. The molecule has 0 spiro atoms. The average Bonchev–Trinajstić information content (AvgIpc) is 3.20. The van der Waals surface area contributed by atoms with Gasteiger partial charge in [-0.3, -0.25) is 9.59 Å². The third-order valence-electron chi connectivity index (χ3n) is 4.53. The molecule has 1 aliphatic carbocycles. The van der Waals surface area contributed by atoms with Crippen molar-refractivity contribution in [3.05, 3.63) is 29.8 Å². The number of anilines is 1. The van der Waals surface area contributed by atoms with Crippen molar-refractivity contribution < 1.29 is 9.59 Å². The Morgan fingerprint density at radius 2 is 1.67 bits per heavy atom. The molecule has 1 aromatic rings. The molecule has 2 amide bonds. The molecule has 0 aromatic heterocycles. The highest BCUT2D eigenvalue weighted by Gasteiger charge is 2.25. The van der Waals surface area contributed by atoms with Gasteiger partial charge in [-0.25, -0.2) is 0 Å². The highest BCUT2D eigenvalue weighted by atomic mass is 16.2. The van der Waals surface area contributed by atoms with E-state index in [1.807, 2.05) is 29.2 Å². The van der Waals surface area contributed by atoms with Crippen molar-refractivity contribution in [1.29, 1.82) is 0 Å². The minimum absolute atomic E-state index is 0.0369. The van der Waals surface area contributed by atoms with Crippen molar-refractivity contribution in [2.45, 2.75) is 38.5 Å². The first-order chi connectivity index (χ1) is 10.3. The van der Waals surface area contributed by atoms with E-state index in [0.717, 1.165) is 51.6 Å². The maximum Gasteiger partial charge on any atom is 0.255 e. The van der Waals surface area contributed by atoms with E-state index in [4.69, 9.17) is 0 Å². The molecular formula is C17H22N2O2. The largest absolute Gasteiger partial charge is 0.339 e. The van der Waals surface area contributed by atoms with E-state index in [-0.39, 0.29) is 17.7 Å². The van der Waals surface area contributed by atoms with Gasteiger partial charge in [-0.05, 0) is 37.8 Å². The number of carbonyl (C=O) groups is 2. The number of carbonyl (C=O) groups excluding carboxylic acids is 2. The van der Waals surface area contributed by atoms with Gasteiger partial charge in [0.05, 0.1) is 11.3 Å². The SMILES string of the molecule is O=C(Nc1ccccc1C(=O)N1CCCC1)C1CCCC1. The molecule has 1 heterocycles. The first-order valence-electron chi connectivity index (χ1n) is 7.95. The smallest absolute Gasteiger partial charge is 0.255 e. The summed E-state index contributed by atoms with van der Waals surface area (Å²) in [5, 5.41) is 2.97. The standard InChI is InChI=1S/C17H22N2O2/c20-16(13-7-1-2-8-13)18-15-10-4-3-9-14(15)17(21)19-11-5-6-12-19/h3-4,9-10,13H,1-2,5-8,11-12H2,(H,18,20). The molecule has 4 heteroatoms. The van der Waals surface area contributed by atoms with Crippen LogP contribution in [0.1, 0.15) is 48.9 Å². The highest BCUT2D eigenvalue weighted by molar-refractivity contribution is 6.04. The molecule has 2 aliphatic rings. The molecule has 4 nitrogen and oxygen atoms in total. The van der Waals surface area contributed by atoms with Gasteiger partial charge in [0.25, 0.3) is 5.91 Å². The molecule has 0 bridgehead atoms. The Kier molecular flexibility index (Phi) is 4.23. The van der Waals surface area contributed by atoms with Crippen LogP contribution < -0.4 is 5.32 Å². The van der Waals surface area contributed by atoms with Crippen molar-refractivity contribution in [2.75, 3.05) is 18.4 Å². The van der Waals surface area contributed by atoms with Gasteiger partial charge in [-0.15, -0.1) is 0 Å². The lowest BCUT2D eigenvalue weighted by Crippen LogP contribution is -2.29. The number of para-hydroxylation sites is 1. The van der Waals surface area contributed by atoms with Gasteiger partial charge in [0.2, 0.25) is 5.91 Å². The Bertz CT molecular complexity index is 529. The maximum absolute atomic E-state index is 12.5. The molecule has 21 heavy (non-hydrogen) atoms. The fraction of sp³-hybridized carbons (Fsp3) is 0.529. The summed E-state index contributed by atoms with van der Waals surface area (Å²) < 4.78 is 0. The minimum atomic E-state index is 0.0369. The van der Waals surface area contributed by atoms with Crippen molar-refractivity contribution in [3.63, 3.8) is 0 Å². The van der Waals surface area contributed by atoms with E-state index < -0.39 is 0 Å². The third-order valence-corrected chi connectivity index (χ3v) is 4.53. The Labute approximate surface area is 125 Å². The number of hydrogen-bond donors (Lipinski definition) is 1. The predicted octanol–water partition coefficient (Wildman–Crippen LogP) is 3.05. The molecular weight excluding hydrogens is 264 g/mol. The molecule has 112 valence electrons. The van der Waals surface area contributed by atoms with E-state index in [1.54, 1.807) is 0 Å². The summed E-state index contributed by atoms with van der Waals surface area (Å²) >= 11 is 0. The Hall–Kier alpha value is -1.84. The van der Waals surface area contributed by atoms with Crippen LogP contribution in [0.25, 0.3) is 0 Å². The Morgan fingerprint density at radius 1 is 1.00 bits per heavy atom. The van der Waals surface area contributed by atoms with E-state index in [1.165, 1.54) is 0 Å². The van der Waals surface area contributed by atoms with Gasteiger partial charge in [-0.1, -0.05) is 25.0 Å². The highest BCUT2D eigenvalue weighted by Crippen LogP contribution is 2.27. The van der Waals surface area contributed by atoms with E-state index in [9.17, 15) is 9.59 Å². The monoisotopic (exact) mass is 286 g/mol. The van der Waals surface area contributed by atoms with Gasteiger partial charge in [0.1, 0.15) is 0 Å². The van der Waals surface area contributed by atoms with Crippen LogP contribution in [-0.4, -0.2) is 29.8 Å². The average molecular weight is 286 g/mol. The van der Waals surface area contributed by atoms with Crippen molar-refractivity contribution in [3.8, 4) is 0 Å². The topological polar surface area (TPSA) is 49.4 Å². The van der Waals surface area contributed by atoms with Gasteiger partial charge in [0.15, 0.2) is 0 Å². The summed E-state index contributed by atoms with van der Waals surface area (Å²) in [6, 6.07) is 7.36. The summed E-state index contributed by atoms with van der Waals surface area (Å²) in [6.45, 7) is 1.65. The first-order valence-corrected chi connectivity index (χ1v) is 7.95. The van der Waals surface area contributed by atoms with Crippen LogP contribution in [0.3, 0.4) is 0 Å². The predicted molar refractivity (Wildman–Crippen MR) is 82.2 cm³/mol. The number of benzene rings is 1. The molecule has 3 rings (SSSR count). The number of likely N-dealkylation sites (tertiary alicyclic amines) is 1. The number of nitrogens with zero attached hydrogens (tertiary/aromatic N) is 1. The summed E-state index contributed by atoms with van der Waals surface area (Å²) in [5.74, 6) is 0.212. The van der Waals surface area contributed by atoms with Crippen molar-refractivity contribution in [1.82, 2.24) is 4.90 Å². The second-order valence-corrected chi connectivity index (χ2v) is 6.02. The second kappa shape index (κ2) is 6.29. The van der Waals surface area contributed by atoms with Crippen LogP contribution in [0.4, 0.5) is 5.69 Å². The first kappa shape index (κ1) is 14.1. The van der Waals surface area contributed by atoms with E-state index in [2.05, 4.69) is 5.32 Å². The second-order valence-electron chi connectivity index (χ2n) is 6.02. The zero-order valence-electron chi connectivity index (χ0n) is 12.3. The lowest BCUT2D eigenvalue weighted by Gasteiger charge is -2.18. The van der Waals surface area contributed by atoms with Crippen LogP contribution in [-0.2, 0) is 4.79 Å². The molecule has 0 atom stereocenters. The zero-order valence-corrected chi connectivity index (χ0v) is 12.3. The molecule has 1 aromatic carbocycles. The van der Waals surface area contributed by atoms with E-state index in [0.29, 0.717) is 11.3 Å². The number of hydrogen-bond acceptors (Lipinski definition) is 2. The quantitative estimate of drug-likeness (QED) is 0.928. The Balaban J connectivity index is 1.75. The molecule has 1 N–H and O–H groups in total. The maximum atomic E-state index is 12.5. The molecule has 1 saturated carbocycles. The lowest BCUT2D eigenvalue weighted by molar-refractivity contribution is -0.119. The number of nitrogens with one attached hydrogen (secondary N) is 1. The van der Waals surface area contributed by atoms with Crippen LogP contribution in [0, 0.1) is 5.92 Å². The normalized spacial score (nSPS) is 19.0. The number of amides is 2. The van der Waals surface area contributed by atoms with Gasteiger partial charge >= 0.3 is 0 Å². The summed E-state index contributed by atoms with van der Waals surface area (Å²) in [4.78, 5) is 26.7. The zero-order chi connectivity index (χ0) is 14.7. The van der Waals surface area contributed by atoms with Crippen LogP contribution in [0.5, 0.6) is 0 Å². The van der Waals surface area contributed by atoms with Crippen LogP contribution in [0.15, 0.2) is 24.3 Å². The molecule has 1 aliphatic heterocycles. The molecule has 0 radical (unpaired) electrons. The van der Waals surface area contributed by atoms with Crippen LogP contribution in [0.2, 0.25) is 0 Å². The number of rotatable bonds is 3. The lowest BCUT2D eigenvalue weighted by atomic mass is 10.1. The summed E-state index contributed by atoms with van der Waals surface area (Å²) in [6.07, 6.45) is 6.34. The van der Waals surface area contributed by atoms with Gasteiger partial charge < -0.3 is 10.2 Å². The Morgan fingerprint density at radius 3 is 2.38 bits per heavy atom.